The Hall–Kier alpha value is -10.9. The summed E-state index contributed by atoms with van der Waals surface area (Å²) in [7, 11) is 0. The molecule has 0 aliphatic heterocycles. The maximum atomic E-state index is 19.3. The molecule has 0 atom stereocenters. The molecule has 0 aromatic heterocycles. The van der Waals surface area contributed by atoms with Crippen molar-refractivity contribution in [3.8, 4) is 44.5 Å². The number of halogens is 2. The zero-order chi connectivity index (χ0) is 64.5. The minimum atomic E-state index is -0.731. The van der Waals surface area contributed by atoms with Gasteiger partial charge in [0.2, 0.25) is 0 Å². The van der Waals surface area contributed by atoms with Crippen LogP contribution in [0.25, 0.3) is 120 Å². The second kappa shape index (κ2) is 19.9. The first-order chi connectivity index (χ1) is 45.6. The van der Waals surface area contributed by atoms with E-state index in [-0.39, 0.29) is 45.3 Å². The molecule has 0 fully saturated rings. The minimum absolute atomic E-state index is 0.0921. The monoisotopic (exact) mass is 1090 g/mol. The quantitative estimate of drug-likeness (QED) is 0.126. The summed E-state index contributed by atoms with van der Waals surface area (Å²) in [6, 6.07) is 69.6. The summed E-state index contributed by atoms with van der Waals surface area (Å²) in [5, 5.41) is 10.7. The van der Waals surface area contributed by atoms with Crippen LogP contribution in [0.2, 0.25) is 0 Å². The lowest BCUT2D eigenvalue weighted by molar-refractivity contribution is 0.632. The summed E-state index contributed by atoms with van der Waals surface area (Å²) in [6.07, 6.45) is 0. The van der Waals surface area contributed by atoms with Crippen molar-refractivity contribution in [3.05, 3.63) is 315 Å². The van der Waals surface area contributed by atoms with Gasteiger partial charge in [-0.2, -0.15) is 0 Å². The van der Waals surface area contributed by atoms with Crippen LogP contribution >= 0.6 is 0 Å². The molecule has 84 heavy (non-hydrogen) atoms. The Balaban J connectivity index is 1.01. The van der Waals surface area contributed by atoms with Gasteiger partial charge in [-0.1, -0.05) is 243 Å². The highest BCUT2D eigenvalue weighted by Gasteiger charge is 2.30. The highest BCUT2D eigenvalue weighted by atomic mass is 19.1. The van der Waals surface area contributed by atoms with Crippen LogP contribution in [0.15, 0.2) is 303 Å². The topological polar surface area (TPSA) is 6.48 Å². The summed E-state index contributed by atoms with van der Waals surface area (Å²) >= 11 is 0. The van der Waals surface area contributed by atoms with Crippen LogP contribution in [0.1, 0.15) is 13.7 Å². The molecule has 0 saturated carbocycles. The van der Waals surface area contributed by atoms with Gasteiger partial charge < -0.3 is 9.80 Å². The molecule has 2 nitrogen and oxygen atoms in total. The molecule has 0 N–H and O–H groups in total. The number of anilines is 6. The molecule has 16 rings (SSSR count). The smallest absolute Gasteiger partial charge is 0.155 e. The number of para-hydroxylation sites is 2. The lowest BCUT2D eigenvalue weighted by Crippen LogP contribution is -2.15. The molecule has 0 amide bonds. The van der Waals surface area contributed by atoms with Gasteiger partial charge in [-0.25, -0.2) is 8.78 Å². The third-order valence-electron chi connectivity index (χ3n) is 16.4. The molecule has 0 heterocycles. The molecule has 16 aromatic carbocycles. The Labute approximate surface area is 499 Å². The summed E-state index contributed by atoms with van der Waals surface area (Å²) in [5.74, 6) is -1.46. The van der Waals surface area contributed by atoms with E-state index in [1.54, 1.807) is 24.3 Å². The first-order valence-electron chi connectivity index (χ1n) is 32.7. The van der Waals surface area contributed by atoms with Crippen molar-refractivity contribution in [3.63, 3.8) is 0 Å². The fraction of sp³-hybridized carbons (Fsp3) is 0. The molecule has 0 bridgehead atoms. The number of hydrogen-bond donors (Lipinski definition) is 0. The minimum Gasteiger partial charge on any atom is -0.307 e. The highest BCUT2D eigenvalue weighted by molar-refractivity contribution is 6.28. The van der Waals surface area contributed by atoms with Crippen molar-refractivity contribution in [1.82, 2.24) is 0 Å². The average molecular weight is 1090 g/mol. The predicted molar refractivity (Wildman–Crippen MR) is 351 cm³/mol. The maximum absolute atomic E-state index is 19.3. The van der Waals surface area contributed by atoms with E-state index in [2.05, 4.69) is 0 Å². The molecule has 16 aromatic rings. The summed E-state index contributed by atoms with van der Waals surface area (Å²) in [5.41, 5.74) is 3.05. The molecule has 0 aliphatic carbocycles. The Morgan fingerprint density at radius 3 is 0.893 bits per heavy atom. The van der Waals surface area contributed by atoms with E-state index in [4.69, 9.17) is 2.74 Å². The van der Waals surface area contributed by atoms with Crippen LogP contribution in [-0.4, -0.2) is 0 Å². The first kappa shape index (κ1) is 39.5. The Bertz CT molecular complexity index is 5480. The van der Waals surface area contributed by atoms with Gasteiger partial charge in [0, 0.05) is 44.4 Å². The molecular weight excluding hydrogens is 1030 g/mol. The molecule has 0 saturated heterocycles. The van der Waals surface area contributed by atoms with Crippen LogP contribution in [0.4, 0.5) is 42.9 Å². The zero-order valence-corrected chi connectivity index (χ0v) is 44.7. The van der Waals surface area contributed by atoms with Crippen molar-refractivity contribution >= 4 is 110 Å². The van der Waals surface area contributed by atoms with Crippen LogP contribution in [-0.2, 0) is 0 Å². The lowest BCUT2D eigenvalue weighted by atomic mass is 9.90. The predicted octanol–water partition coefficient (Wildman–Crippen LogP) is 23.1. The van der Waals surface area contributed by atoms with Crippen molar-refractivity contribution < 1.29 is 22.5 Å². The van der Waals surface area contributed by atoms with Crippen molar-refractivity contribution in [2.45, 2.75) is 0 Å². The van der Waals surface area contributed by atoms with Gasteiger partial charge in [-0.05, 0) is 147 Å². The molecule has 4 heteroatoms. The second-order valence-electron chi connectivity index (χ2n) is 21.1. The molecule has 0 aliphatic rings. The van der Waals surface area contributed by atoms with Crippen LogP contribution < -0.4 is 9.80 Å². The van der Waals surface area contributed by atoms with Gasteiger partial charge in [0.25, 0.3) is 0 Å². The van der Waals surface area contributed by atoms with Gasteiger partial charge in [-0.15, -0.1) is 0 Å². The largest absolute Gasteiger partial charge is 0.307 e. The molecule has 394 valence electrons. The number of nitrogens with zero attached hydrogens (tertiary/aromatic N) is 2. The Morgan fingerprint density at radius 1 is 0.262 bits per heavy atom. The van der Waals surface area contributed by atoms with E-state index in [1.807, 2.05) is 218 Å². The van der Waals surface area contributed by atoms with E-state index in [0.29, 0.717) is 65.7 Å². The third-order valence-corrected chi connectivity index (χ3v) is 16.4. The highest BCUT2D eigenvalue weighted by Crippen LogP contribution is 2.53. The summed E-state index contributed by atoms with van der Waals surface area (Å²) in [4.78, 5) is 2.92. The second-order valence-corrected chi connectivity index (χ2v) is 21.1. The number of benzene rings is 16. The van der Waals surface area contributed by atoms with Gasteiger partial charge in [0.15, 0.2) is 11.6 Å². The number of hydrogen-bond acceptors (Lipinski definition) is 2. The Morgan fingerprint density at radius 2 is 0.548 bits per heavy atom. The van der Waals surface area contributed by atoms with E-state index in [9.17, 15) is 11.0 Å². The standard InChI is InChI=1S/C80H50F2N2/c81-77-67(61-31-27-51-15-7-11-19-57(51)47-61)41-43-69(63-33-29-53-17-9-13-21-59(53)49-63)79(77)83(65-23-3-1-4-24-65)73-45-37-55-36-40-72-74(46-38-56-35-39-71(73)75(55)76(56)72)84(66-25-5-2-6-26-66)80-70(64-34-30-54-18-10-14-22-60(54)50-64)44-42-68(78(80)82)62-32-28-52-16-8-12-20-58(52)48-62/h1-50H/i1D,2D,3D,4D,5D,6D,23D,24D,25D,26D. The van der Waals surface area contributed by atoms with E-state index in [0.717, 1.165) is 43.1 Å². The van der Waals surface area contributed by atoms with E-state index in [1.165, 1.54) is 9.80 Å². The zero-order valence-electron chi connectivity index (χ0n) is 54.7. The van der Waals surface area contributed by atoms with Gasteiger partial charge in [0.1, 0.15) is 0 Å². The SMILES string of the molecule is [2H]c1c([2H])c([2H])c(N(c2c(-c3ccc4ccccc4c3)ccc(-c3ccc4ccccc4c3)c2F)c2ccc3ccc4c(N(c5c([2H])c([2H])c([2H])c([2H])c5[2H])c5c(-c6ccc7ccccc7c6)ccc(-c6ccc7ccccc7c6)c5F)ccc5ccc2c3c54)c([2H])c1[2H]. The molecule has 0 spiro atoms. The van der Waals surface area contributed by atoms with Crippen molar-refractivity contribution in [2.75, 3.05) is 9.80 Å². The van der Waals surface area contributed by atoms with Gasteiger partial charge in [-0.3, -0.25) is 0 Å². The first-order valence-corrected chi connectivity index (χ1v) is 27.7. The molecule has 0 unspecified atom stereocenters. The molecular formula is C80H50F2N2. The van der Waals surface area contributed by atoms with E-state index >= 15 is 8.78 Å². The summed E-state index contributed by atoms with van der Waals surface area (Å²) in [6.45, 7) is 0. The van der Waals surface area contributed by atoms with Crippen LogP contribution in [0.3, 0.4) is 0 Å². The van der Waals surface area contributed by atoms with E-state index < -0.39 is 72.1 Å². The Kier molecular flexibility index (Phi) is 9.37. The third kappa shape index (κ3) is 8.14. The maximum Gasteiger partial charge on any atom is 0.155 e. The van der Waals surface area contributed by atoms with Crippen molar-refractivity contribution in [2.24, 2.45) is 0 Å². The fourth-order valence-electron chi connectivity index (χ4n) is 12.5. The number of fused-ring (bicyclic) bond motifs is 4. The summed E-state index contributed by atoms with van der Waals surface area (Å²) < 4.78 is 132. The van der Waals surface area contributed by atoms with Crippen LogP contribution in [0, 0.1) is 11.6 Å². The average Bonchev–Trinajstić information content (AvgIpc) is 0.715. The number of rotatable bonds is 10. The van der Waals surface area contributed by atoms with Gasteiger partial charge in [0.05, 0.1) is 36.5 Å². The van der Waals surface area contributed by atoms with Crippen molar-refractivity contribution in [1.29, 1.82) is 0 Å². The normalized spacial score (nSPS) is 13.4. The lowest BCUT2D eigenvalue weighted by Gasteiger charge is -2.32. The fourth-order valence-corrected chi connectivity index (χ4v) is 12.5. The van der Waals surface area contributed by atoms with Gasteiger partial charge >= 0.3 is 0 Å². The van der Waals surface area contributed by atoms with Crippen LogP contribution in [0.5, 0.6) is 0 Å². The molecule has 0 radical (unpaired) electrons.